The summed E-state index contributed by atoms with van der Waals surface area (Å²) in [6, 6.07) is 5.75. The first-order chi connectivity index (χ1) is 21.5. The molecule has 3 heterocycles. The lowest BCUT2D eigenvalue weighted by Gasteiger charge is -2.36. The fraction of sp³-hybridized carbons (Fsp3) is 0.483. The Hall–Kier alpha value is -4.99. The van der Waals surface area contributed by atoms with Gasteiger partial charge in [0.05, 0.1) is 18.2 Å². The van der Waals surface area contributed by atoms with E-state index in [2.05, 4.69) is 10.3 Å². The maximum absolute atomic E-state index is 13.6. The second kappa shape index (κ2) is 14.7. The number of aliphatic carboxylic acids is 2. The van der Waals surface area contributed by atoms with Crippen LogP contribution in [0.3, 0.4) is 0 Å². The van der Waals surface area contributed by atoms with Gasteiger partial charge in [-0.1, -0.05) is 18.2 Å². The van der Waals surface area contributed by atoms with Crippen LogP contribution in [0.25, 0.3) is 10.9 Å². The molecule has 242 valence electrons. The molecule has 0 saturated carbocycles. The lowest BCUT2D eigenvalue weighted by molar-refractivity contribution is -0.149. The number of hydrogen-bond donors (Lipinski definition) is 4. The third-order valence-electron chi connectivity index (χ3n) is 7.51. The van der Waals surface area contributed by atoms with Crippen LogP contribution >= 0.6 is 0 Å². The van der Waals surface area contributed by atoms with E-state index >= 15 is 0 Å². The maximum atomic E-state index is 13.6. The normalized spacial score (nSPS) is 18.8. The van der Waals surface area contributed by atoms with Crippen LogP contribution in [0.2, 0.25) is 0 Å². The summed E-state index contributed by atoms with van der Waals surface area (Å²) in [6.45, 7) is 1.70. The van der Waals surface area contributed by atoms with Gasteiger partial charge < -0.3 is 44.8 Å². The monoisotopic (exact) mass is 629 g/mol. The fourth-order valence-corrected chi connectivity index (χ4v) is 5.21. The molecule has 45 heavy (non-hydrogen) atoms. The molecule has 16 nitrogen and oxygen atoms in total. The van der Waals surface area contributed by atoms with Crippen LogP contribution in [0.15, 0.2) is 30.3 Å². The Balaban J connectivity index is 1.53. The highest BCUT2D eigenvalue weighted by atomic mass is 16.6. The number of aromatic nitrogens is 1. The predicted octanol–water partition coefficient (Wildman–Crippen LogP) is -0.0761. The number of piperazine rings is 1. The molecule has 0 spiro atoms. The first kappa shape index (κ1) is 32.9. The van der Waals surface area contributed by atoms with Crippen LogP contribution in [0.1, 0.15) is 36.7 Å². The van der Waals surface area contributed by atoms with Crippen LogP contribution in [0.4, 0.5) is 4.79 Å². The Labute approximate surface area is 257 Å². The number of nitrogens with one attached hydrogen (secondary N) is 1. The number of fused-ring (bicyclic) bond motifs is 1. The summed E-state index contributed by atoms with van der Waals surface area (Å²) in [5, 5.41) is 31.7. The van der Waals surface area contributed by atoms with Crippen LogP contribution in [-0.2, 0) is 23.9 Å². The summed E-state index contributed by atoms with van der Waals surface area (Å²) >= 11 is 0. The molecule has 2 aromatic rings. The fourth-order valence-electron chi connectivity index (χ4n) is 5.21. The molecule has 4 N–H and O–H groups in total. The van der Waals surface area contributed by atoms with Crippen molar-refractivity contribution in [2.24, 2.45) is 0 Å². The molecule has 0 bridgehead atoms. The van der Waals surface area contributed by atoms with Gasteiger partial charge in [0.15, 0.2) is 18.1 Å². The van der Waals surface area contributed by atoms with Gasteiger partial charge >= 0.3 is 18.0 Å². The van der Waals surface area contributed by atoms with Crippen molar-refractivity contribution in [3.8, 4) is 5.75 Å². The Morgan fingerprint density at radius 2 is 1.73 bits per heavy atom. The topological polar surface area (TPSA) is 216 Å². The molecule has 4 rings (SSSR count). The van der Waals surface area contributed by atoms with E-state index < -0.39 is 67.0 Å². The highest BCUT2D eigenvalue weighted by molar-refractivity contribution is 6.00. The van der Waals surface area contributed by atoms with E-state index in [-0.39, 0.29) is 63.6 Å². The van der Waals surface area contributed by atoms with E-state index in [0.29, 0.717) is 10.9 Å². The number of para-hydroxylation sites is 1. The number of carboxylic acid groups (broad SMARTS) is 2. The predicted molar refractivity (Wildman–Crippen MR) is 154 cm³/mol. The minimum Gasteiger partial charge on any atom is -0.481 e. The highest BCUT2D eigenvalue weighted by Crippen LogP contribution is 2.25. The van der Waals surface area contributed by atoms with Gasteiger partial charge in [-0.15, -0.1) is 0 Å². The number of β-amino-alcohol motifs (C(OH)–C–C–N with tert-alkyl or cyclic N) is 1. The highest BCUT2D eigenvalue weighted by Gasteiger charge is 2.39. The second-order valence-corrected chi connectivity index (χ2v) is 10.6. The van der Waals surface area contributed by atoms with Crippen LogP contribution in [-0.4, -0.2) is 135 Å². The van der Waals surface area contributed by atoms with Gasteiger partial charge in [0.2, 0.25) is 5.91 Å². The van der Waals surface area contributed by atoms with Gasteiger partial charge in [-0.2, -0.15) is 0 Å². The van der Waals surface area contributed by atoms with Crippen molar-refractivity contribution in [2.75, 3.05) is 45.9 Å². The van der Waals surface area contributed by atoms with Gasteiger partial charge in [-0.3, -0.25) is 19.2 Å². The lowest BCUT2D eigenvalue weighted by atomic mass is 10.1. The molecule has 0 unspecified atom stereocenters. The quantitative estimate of drug-likeness (QED) is 0.257. The molecule has 0 aliphatic carbocycles. The molecule has 0 radical (unpaired) electrons. The number of benzene rings is 1. The molecule has 16 heteroatoms. The first-order valence-corrected chi connectivity index (χ1v) is 14.4. The summed E-state index contributed by atoms with van der Waals surface area (Å²) in [5.74, 6) is -4.71. The minimum absolute atomic E-state index is 0.126. The molecule has 3 atom stereocenters. The molecule has 2 fully saturated rings. The Morgan fingerprint density at radius 3 is 2.40 bits per heavy atom. The number of amides is 4. The van der Waals surface area contributed by atoms with Crippen molar-refractivity contribution in [3.05, 3.63) is 36.0 Å². The van der Waals surface area contributed by atoms with Crippen molar-refractivity contribution < 1.29 is 53.6 Å². The van der Waals surface area contributed by atoms with Crippen molar-refractivity contribution in [1.82, 2.24) is 25.0 Å². The van der Waals surface area contributed by atoms with Gasteiger partial charge in [-0.05, 0) is 25.5 Å². The first-order valence-electron chi connectivity index (χ1n) is 14.4. The van der Waals surface area contributed by atoms with E-state index in [9.17, 15) is 44.1 Å². The summed E-state index contributed by atoms with van der Waals surface area (Å²) in [4.78, 5) is 83.2. The third kappa shape index (κ3) is 8.14. The number of likely N-dealkylation sites (tertiary alicyclic amines) is 1. The van der Waals surface area contributed by atoms with E-state index in [1.165, 1.54) is 15.9 Å². The van der Waals surface area contributed by atoms with Gasteiger partial charge in [0.1, 0.15) is 12.1 Å². The van der Waals surface area contributed by atoms with E-state index in [1.54, 1.807) is 31.2 Å². The number of carboxylic acids is 2. The van der Waals surface area contributed by atoms with Crippen molar-refractivity contribution in [2.45, 2.75) is 44.4 Å². The third-order valence-corrected chi connectivity index (χ3v) is 7.51. The summed E-state index contributed by atoms with van der Waals surface area (Å²) in [5.41, 5.74) is 0.122. The van der Waals surface area contributed by atoms with Crippen molar-refractivity contribution in [3.63, 3.8) is 0 Å². The second-order valence-electron chi connectivity index (χ2n) is 10.6. The average molecular weight is 630 g/mol. The van der Waals surface area contributed by atoms with E-state index in [0.717, 1.165) is 4.90 Å². The Bertz CT molecular complexity index is 1460. The van der Waals surface area contributed by atoms with Crippen molar-refractivity contribution >= 4 is 46.7 Å². The van der Waals surface area contributed by atoms with E-state index in [1.807, 2.05) is 0 Å². The van der Waals surface area contributed by atoms with Crippen molar-refractivity contribution in [1.29, 1.82) is 0 Å². The average Bonchev–Trinajstić information content (AvgIpc) is 3.43. The molecular formula is C29H35N5O11. The summed E-state index contributed by atoms with van der Waals surface area (Å²) in [6.07, 6.45) is -2.29. The number of hydrogen-bond acceptors (Lipinski definition) is 10. The molecular weight excluding hydrogens is 594 g/mol. The largest absolute Gasteiger partial charge is 0.481 e. The number of pyridine rings is 1. The van der Waals surface area contributed by atoms with Crippen LogP contribution in [0, 0.1) is 0 Å². The number of rotatable bonds is 11. The maximum Gasteiger partial charge on any atom is 0.409 e. The zero-order chi connectivity index (χ0) is 32.7. The van der Waals surface area contributed by atoms with Crippen LogP contribution < -0.4 is 10.1 Å². The number of carbonyl (C=O) groups excluding carboxylic acids is 4. The zero-order valence-corrected chi connectivity index (χ0v) is 24.6. The Morgan fingerprint density at radius 1 is 1.04 bits per heavy atom. The standard InChI is InChI=1S/C29H35N5O11/c1-2-44-29(43)33-11-9-32(10-12-33)27(40)20(7-8-24(37)38)31-26(39)25-22(13-17-5-3-4-6-19(17)30-25)45-16-23(36)34-15-18(35)14-21(34)28(41)42/h3-6,13,18,20-21,35H,2,7-12,14-16H2,1H3,(H,31,39)(H,37,38)(H,41,42)/t18-,20+,21+/m1/s1. The van der Waals surface area contributed by atoms with Crippen LogP contribution in [0.5, 0.6) is 5.75 Å². The molecule has 2 aliphatic heterocycles. The summed E-state index contributed by atoms with van der Waals surface area (Å²) in [7, 11) is 0. The van der Waals surface area contributed by atoms with Gasteiger partial charge in [0.25, 0.3) is 11.8 Å². The minimum atomic E-state index is -1.27. The smallest absolute Gasteiger partial charge is 0.409 e. The van der Waals surface area contributed by atoms with Gasteiger partial charge in [0, 0.05) is 51.0 Å². The SMILES string of the molecule is CCOC(=O)N1CCN(C(=O)[C@H](CCC(=O)O)NC(=O)c2nc3ccccc3cc2OCC(=O)N2C[C@H](O)C[C@H]2C(=O)O)CC1. The number of ether oxygens (including phenoxy) is 2. The van der Waals surface area contributed by atoms with E-state index in [4.69, 9.17) is 9.47 Å². The zero-order valence-electron chi connectivity index (χ0n) is 24.6. The van der Waals surface area contributed by atoms with Gasteiger partial charge in [-0.25, -0.2) is 14.6 Å². The number of carbonyl (C=O) groups is 6. The summed E-state index contributed by atoms with van der Waals surface area (Å²) < 4.78 is 10.7. The molecule has 1 aromatic carbocycles. The Kier molecular flexibility index (Phi) is 10.7. The number of aliphatic hydroxyl groups excluding tert-OH is 1. The molecule has 2 aliphatic rings. The lowest BCUT2D eigenvalue weighted by Crippen LogP contribution is -2.56. The molecule has 1 aromatic heterocycles. The molecule has 2 saturated heterocycles. The molecule has 4 amide bonds. The number of aliphatic hydroxyl groups is 1. The number of nitrogens with zero attached hydrogens (tertiary/aromatic N) is 4.